The zero-order valence-corrected chi connectivity index (χ0v) is 9.71. The maximum absolute atomic E-state index is 12.9. The summed E-state index contributed by atoms with van der Waals surface area (Å²) in [7, 11) is 0. The molecule has 1 aliphatic carbocycles. The Hall–Kier alpha value is -1.39. The number of pyridine rings is 1. The molecule has 1 saturated carbocycles. The average molecular weight is 239 g/mol. The fourth-order valence-corrected chi connectivity index (χ4v) is 3.10. The lowest BCUT2D eigenvalue weighted by atomic mass is 9.61. The Morgan fingerprint density at radius 2 is 2.00 bits per heavy atom. The molecule has 2 aliphatic rings. The number of hydrogen-bond donors (Lipinski definition) is 1. The second-order valence-electron chi connectivity index (χ2n) is 5.47. The third kappa shape index (κ3) is 1.64. The molecule has 3 nitrogen and oxygen atoms in total. The second-order valence-corrected chi connectivity index (χ2v) is 5.47. The zero-order valence-electron chi connectivity index (χ0n) is 9.71. The lowest BCUT2D eigenvalue weighted by Crippen LogP contribution is -2.66. The number of hydrogen-bond acceptors (Lipinski definition) is 3. The molecule has 5 heteroatoms. The van der Waals surface area contributed by atoms with Gasteiger partial charge in [0.25, 0.3) is 0 Å². The van der Waals surface area contributed by atoms with Crippen LogP contribution in [0.1, 0.15) is 18.4 Å². The Morgan fingerprint density at radius 1 is 1.35 bits per heavy atom. The molecular formula is C12H15F2N3. The van der Waals surface area contributed by atoms with Crippen LogP contribution in [0.4, 0.5) is 20.3 Å². The number of nitrogen functional groups attached to an aromatic ring is 1. The van der Waals surface area contributed by atoms with Gasteiger partial charge < -0.3 is 10.6 Å². The number of nitrogens with zero attached hydrogens (tertiary/aromatic N) is 2. The van der Waals surface area contributed by atoms with Crippen molar-refractivity contribution in [3.05, 3.63) is 17.8 Å². The van der Waals surface area contributed by atoms with E-state index in [9.17, 15) is 8.78 Å². The molecule has 0 unspecified atom stereocenters. The van der Waals surface area contributed by atoms with Crippen molar-refractivity contribution in [1.29, 1.82) is 0 Å². The third-order valence-corrected chi connectivity index (χ3v) is 3.69. The normalized spacial score (nSPS) is 24.3. The molecular weight excluding hydrogens is 224 g/mol. The Labute approximate surface area is 98.6 Å². The van der Waals surface area contributed by atoms with Crippen LogP contribution in [-0.2, 0) is 0 Å². The van der Waals surface area contributed by atoms with Gasteiger partial charge >= 0.3 is 0 Å². The predicted octanol–water partition coefficient (Wildman–Crippen LogP) is 2.21. The van der Waals surface area contributed by atoms with E-state index in [0.717, 1.165) is 11.4 Å². The lowest BCUT2D eigenvalue weighted by Gasteiger charge is -2.59. The van der Waals surface area contributed by atoms with Gasteiger partial charge in [0.15, 0.2) is 0 Å². The van der Waals surface area contributed by atoms with E-state index in [-0.39, 0.29) is 18.3 Å². The molecule has 0 atom stereocenters. The van der Waals surface area contributed by atoms with E-state index in [1.165, 1.54) is 0 Å². The van der Waals surface area contributed by atoms with Gasteiger partial charge in [0.1, 0.15) is 5.82 Å². The van der Waals surface area contributed by atoms with Crippen LogP contribution < -0.4 is 10.6 Å². The first-order valence-corrected chi connectivity index (χ1v) is 5.74. The van der Waals surface area contributed by atoms with Gasteiger partial charge in [-0.1, -0.05) is 0 Å². The van der Waals surface area contributed by atoms with Crippen LogP contribution in [0.25, 0.3) is 0 Å². The molecule has 1 aliphatic heterocycles. The highest BCUT2D eigenvalue weighted by atomic mass is 19.3. The van der Waals surface area contributed by atoms with E-state index < -0.39 is 5.92 Å². The molecule has 2 fully saturated rings. The van der Waals surface area contributed by atoms with Crippen molar-refractivity contribution in [2.75, 3.05) is 23.7 Å². The van der Waals surface area contributed by atoms with Gasteiger partial charge in [-0.3, -0.25) is 0 Å². The van der Waals surface area contributed by atoms with Gasteiger partial charge in [-0.2, -0.15) is 0 Å². The van der Waals surface area contributed by atoms with Crippen molar-refractivity contribution in [3.63, 3.8) is 0 Å². The summed E-state index contributed by atoms with van der Waals surface area (Å²) in [5.74, 6) is -1.56. The number of halogens is 2. The Bertz CT molecular complexity index is 457. The molecule has 0 aromatic carbocycles. The van der Waals surface area contributed by atoms with Crippen molar-refractivity contribution in [3.8, 4) is 0 Å². The van der Waals surface area contributed by atoms with Crippen LogP contribution in [0.15, 0.2) is 12.3 Å². The van der Waals surface area contributed by atoms with Crippen molar-refractivity contribution >= 4 is 11.5 Å². The largest absolute Gasteiger partial charge is 0.397 e. The van der Waals surface area contributed by atoms with Crippen molar-refractivity contribution in [2.24, 2.45) is 5.41 Å². The van der Waals surface area contributed by atoms with E-state index in [1.54, 1.807) is 6.20 Å². The molecule has 92 valence electrons. The standard InChI is InChI=1S/C12H15F2N3/c1-8-2-9(15)3-16-10(8)17-6-11(7-17)4-12(13,14)5-11/h2-3H,4-7,15H2,1H3. The first-order valence-electron chi connectivity index (χ1n) is 5.74. The SMILES string of the molecule is Cc1cc(N)cnc1N1CC2(C1)CC(F)(F)C2. The quantitative estimate of drug-likeness (QED) is 0.817. The van der Waals surface area contributed by atoms with E-state index in [4.69, 9.17) is 5.73 Å². The number of alkyl halides is 2. The van der Waals surface area contributed by atoms with E-state index in [1.807, 2.05) is 13.0 Å². The number of rotatable bonds is 1. The first-order chi connectivity index (χ1) is 7.89. The number of nitrogens with two attached hydrogens (primary N) is 1. The molecule has 3 rings (SSSR count). The van der Waals surface area contributed by atoms with Gasteiger partial charge in [0.2, 0.25) is 5.92 Å². The van der Waals surface area contributed by atoms with Crippen molar-refractivity contribution in [2.45, 2.75) is 25.7 Å². The molecule has 2 heterocycles. The maximum atomic E-state index is 12.9. The lowest BCUT2D eigenvalue weighted by molar-refractivity contribution is -0.170. The Balaban J connectivity index is 1.70. The van der Waals surface area contributed by atoms with E-state index in [2.05, 4.69) is 9.88 Å². The predicted molar refractivity (Wildman–Crippen MR) is 62.2 cm³/mol. The fourth-order valence-electron chi connectivity index (χ4n) is 3.10. The van der Waals surface area contributed by atoms with Gasteiger partial charge in [0.05, 0.1) is 11.9 Å². The van der Waals surface area contributed by atoms with Crippen LogP contribution >= 0.6 is 0 Å². The van der Waals surface area contributed by atoms with Crippen molar-refractivity contribution in [1.82, 2.24) is 4.98 Å². The molecule has 0 amide bonds. The molecule has 1 saturated heterocycles. The van der Waals surface area contributed by atoms with Gasteiger partial charge in [-0.15, -0.1) is 0 Å². The Kier molecular flexibility index (Phi) is 1.95. The highest BCUT2D eigenvalue weighted by molar-refractivity contribution is 5.55. The molecule has 1 aromatic rings. The summed E-state index contributed by atoms with van der Waals surface area (Å²) in [6.07, 6.45) is 1.68. The molecule has 17 heavy (non-hydrogen) atoms. The summed E-state index contributed by atoms with van der Waals surface area (Å²) < 4.78 is 25.7. The van der Waals surface area contributed by atoms with E-state index >= 15 is 0 Å². The minimum atomic E-state index is -2.43. The Morgan fingerprint density at radius 3 is 2.53 bits per heavy atom. The second kappa shape index (κ2) is 3.09. The highest BCUT2D eigenvalue weighted by Gasteiger charge is 2.61. The van der Waals surface area contributed by atoms with Gasteiger partial charge in [0, 0.05) is 31.3 Å². The molecule has 1 spiro atoms. The summed E-state index contributed by atoms with van der Waals surface area (Å²) >= 11 is 0. The molecule has 0 bridgehead atoms. The minimum absolute atomic E-state index is 0.0323. The van der Waals surface area contributed by atoms with Crippen LogP contribution in [0.5, 0.6) is 0 Å². The minimum Gasteiger partial charge on any atom is -0.397 e. The summed E-state index contributed by atoms with van der Waals surface area (Å²) in [5.41, 5.74) is 7.12. The molecule has 0 radical (unpaired) electrons. The molecule has 1 aromatic heterocycles. The van der Waals surface area contributed by atoms with Crippen LogP contribution in [-0.4, -0.2) is 24.0 Å². The van der Waals surface area contributed by atoms with Crippen LogP contribution in [0.2, 0.25) is 0 Å². The smallest absolute Gasteiger partial charge is 0.249 e. The van der Waals surface area contributed by atoms with Crippen molar-refractivity contribution < 1.29 is 8.78 Å². The highest BCUT2D eigenvalue weighted by Crippen LogP contribution is 2.57. The van der Waals surface area contributed by atoms with Gasteiger partial charge in [-0.05, 0) is 18.6 Å². The van der Waals surface area contributed by atoms with Gasteiger partial charge in [-0.25, -0.2) is 13.8 Å². The summed E-state index contributed by atoms with van der Waals surface area (Å²) in [4.78, 5) is 6.33. The molecule has 2 N–H and O–H groups in total. The van der Waals surface area contributed by atoms with E-state index in [0.29, 0.717) is 18.8 Å². The zero-order chi connectivity index (χ0) is 12.3. The summed E-state index contributed by atoms with van der Waals surface area (Å²) in [5, 5.41) is 0. The topological polar surface area (TPSA) is 42.1 Å². The summed E-state index contributed by atoms with van der Waals surface area (Å²) in [6, 6.07) is 1.86. The number of aryl methyl sites for hydroxylation is 1. The first kappa shape index (κ1) is 10.7. The summed E-state index contributed by atoms with van der Waals surface area (Å²) in [6.45, 7) is 3.33. The average Bonchev–Trinajstić information content (AvgIpc) is 2.10. The fraction of sp³-hybridized carbons (Fsp3) is 0.583. The van der Waals surface area contributed by atoms with Crippen LogP contribution in [0.3, 0.4) is 0 Å². The number of anilines is 2. The number of aromatic nitrogens is 1. The monoisotopic (exact) mass is 239 g/mol. The third-order valence-electron chi connectivity index (χ3n) is 3.69. The van der Waals surface area contributed by atoms with Crippen LogP contribution in [0, 0.1) is 12.3 Å². The maximum Gasteiger partial charge on any atom is 0.249 e.